The quantitative estimate of drug-likeness (QED) is 0.576. The second-order valence-electron chi connectivity index (χ2n) is 7.01. The Bertz CT molecular complexity index is 1230. The molecule has 3 heterocycles. The number of aromatic amines is 1. The van der Waals surface area contributed by atoms with Crippen molar-refractivity contribution in [3.8, 4) is 5.69 Å². The number of rotatable bonds is 2. The van der Waals surface area contributed by atoms with Crippen molar-refractivity contribution in [2.75, 3.05) is 0 Å². The molecule has 4 aromatic rings. The van der Waals surface area contributed by atoms with E-state index < -0.39 is 0 Å². The minimum absolute atomic E-state index is 0.0618. The minimum Gasteiger partial charge on any atom is -0.294 e. The topological polar surface area (TPSA) is 67.8 Å². The zero-order chi connectivity index (χ0) is 18.5. The standard InChI is InChI=1S/C21H17N3O2S/c1-12-4-2-5-14(8-12)24-21(26)19-15-9-13(18-6-3-7-27-18)10-17(25)16(15)11-22-20(19)23-24/h2-8,11,13H,9-10H2,1H3,(H,22,23)/t13-/m0/s1. The Morgan fingerprint density at radius 3 is 2.85 bits per heavy atom. The van der Waals surface area contributed by atoms with Crippen molar-refractivity contribution in [1.29, 1.82) is 0 Å². The monoisotopic (exact) mass is 375 g/mol. The molecule has 5 nitrogen and oxygen atoms in total. The first kappa shape index (κ1) is 16.2. The largest absolute Gasteiger partial charge is 0.294 e. The zero-order valence-corrected chi connectivity index (χ0v) is 15.5. The molecule has 27 heavy (non-hydrogen) atoms. The molecule has 5 rings (SSSR count). The van der Waals surface area contributed by atoms with E-state index in [4.69, 9.17) is 0 Å². The molecule has 1 aliphatic carbocycles. The summed E-state index contributed by atoms with van der Waals surface area (Å²) in [4.78, 5) is 31.5. The molecular formula is C21H17N3O2S. The molecule has 0 radical (unpaired) electrons. The summed E-state index contributed by atoms with van der Waals surface area (Å²) in [5.74, 6) is 0.184. The van der Waals surface area contributed by atoms with Gasteiger partial charge < -0.3 is 0 Å². The molecular weight excluding hydrogens is 358 g/mol. The van der Waals surface area contributed by atoms with Crippen molar-refractivity contribution in [3.63, 3.8) is 0 Å². The Kier molecular flexibility index (Phi) is 3.62. The van der Waals surface area contributed by atoms with Crippen molar-refractivity contribution < 1.29 is 4.79 Å². The highest BCUT2D eigenvalue weighted by atomic mass is 32.1. The van der Waals surface area contributed by atoms with Gasteiger partial charge in [-0.3, -0.25) is 14.7 Å². The molecule has 134 valence electrons. The van der Waals surface area contributed by atoms with Gasteiger partial charge in [0.15, 0.2) is 11.4 Å². The highest BCUT2D eigenvalue weighted by Crippen LogP contribution is 2.36. The van der Waals surface area contributed by atoms with Crippen LogP contribution in [0.1, 0.15) is 38.7 Å². The van der Waals surface area contributed by atoms with E-state index in [2.05, 4.69) is 16.1 Å². The van der Waals surface area contributed by atoms with Crippen molar-refractivity contribution in [2.45, 2.75) is 25.7 Å². The highest BCUT2D eigenvalue weighted by molar-refractivity contribution is 7.10. The van der Waals surface area contributed by atoms with Gasteiger partial charge in [-0.15, -0.1) is 11.3 Å². The number of nitrogens with one attached hydrogen (secondary N) is 1. The van der Waals surface area contributed by atoms with Gasteiger partial charge in [-0.1, -0.05) is 18.2 Å². The van der Waals surface area contributed by atoms with Gasteiger partial charge in [-0.05, 0) is 48.1 Å². The second kappa shape index (κ2) is 6.03. The van der Waals surface area contributed by atoms with Crippen LogP contribution >= 0.6 is 11.3 Å². The Morgan fingerprint density at radius 2 is 2.07 bits per heavy atom. The molecule has 6 heteroatoms. The molecule has 0 spiro atoms. The minimum atomic E-state index is -0.153. The number of carbonyl (C=O) groups excluding carboxylic acids is 1. The van der Waals surface area contributed by atoms with Crippen molar-refractivity contribution in [3.05, 3.63) is 79.9 Å². The van der Waals surface area contributed by atoms with Gasteiger partial charge in [-0.2, -0.15) is 0 Å². The third-order valence-electron chi connectivity index (χ3n) is 5.21. The second-order valence-corrected chi connectivity index (χ2v) is 7.99. The van der Waals surface area contributed by atoms with Gasteiger partial charge in [0.2, 0.25) is 0 Å². The molecule has 0 fully saturated rings. The Balaban J connectivity index is 1.71. The fraction of sp³-hybridized carbons (Fsp3) is 0.190. The zero-order valence-electron chi connectivity index (χ0n) is 14.7. The maximum atomic E-state index is 13.2. The lowest BCUT2D eigenvalue weighted by atomic mass is 9.82. The Morgan fingerprint density at radius 1 is 1.19 bits per heavy atom. The van der Waals surface area contributed by atoms with E-state index in [1.807, 2.05) is 42.6 Å². The maximum Gasteiger partial charge on any atom is 0.281 e. The third-order valence-corrected chi connectivity index (χ3v) is 6.24. The number of aromatic nitrogens is 3. The number of H-pyrrole nitrogens is 1. The molecule has 0 aliphatic heterocycles. The van der Waals surface area contributed by atoms with E-state index in [1.165, 1.54) is 9.56 Å². The number of aryl methyl sites for hydroxylation is 1. The van der Waals surface area contributed by atoms with Crippen LogP contribution in [-0.2, 0) is 6.42 Å². The SMILES string of the molecule is Cc1cccc(-n2[nH]c3ncc4c(c3c2=O)C[C@H](c2cccs2)CC4=O)c1. The van der Waals surface area contributed by atoms with Crippen molar-refractivity contribution in [1.82, 2.24) is 14.8 Å². The van der Waals surface area contributed by atoms with E-state index in [1.54, 1.807) is 17.5 Å². The predicted octanol–water partition coefficient (Wildman–Crippen LogP) is 4.00. The van der Waals surface area contributed by atoms with Gasteiger partial charge in [0.25, 0.3) is 5.56 Å². The number of ketones is 1. The van der Waals surface area contributed by atoms with Crippen LogP contribution in [0.5, 0.6) is 0 Å². The highest BCUT2D eigenvalue weighted by Gasteiger charge is 2.30. The lowest BCUT2D eigenvalue weighted by Crippen LogP contribution is -2.21. The summed E-state index contributed by atoms with van der Waals surface area (Å²) in [5.41, 5.74) is 3.62. The van der Waals surface area contributed by atoms with Crippen molar-refractivity contribution in [2.24, 2.45) is 0 Å². The van der Waals surface area contributed by atoms with E-state index in [9.17, 15) is 9.59 Å². The summed E-state index contributed by atoms with van der Waals surface area (Å²) < 4.78 is 1.52. The van der Waals surface area contributed by atoms with Gasteiger partial charge in [-0.25, -0.2) is 9.67 Å². The lowest BCUT2D eigenvalue weighted by molar-refractivity contribution is 0.0965. The van der Waals surface area contributed by atoms with Crippen LogP contribution in [0.2, 0.25) is 0 Å². The first-order valence-corrected chi connectivity index (χ1v) is 9.76. The van der Waals surface area contributed by atoms with Crippen LogP contribution in [0.3, 0.4) is 0 Å². The Labute approximate surface area is 159 Å². The molecule has 1 N–H and O–H groups in total. The average molecular weight is 375 g/mol. The molecule has 0 bridgehead atoms. The Hall–Kier alpha value is -2.99. The maximum absolute atomic E-state index is 13.2. The number of pyridine rings is 1. The number of fused-ring (bicyclic) bond motifs is 3. The van der Waals surface area contributed by atoms with Crippen molar-refractivity contribution >= 4 is 28.2 Å². The fourth-order valence-electron chi connectivity index (χ4n) is 3.91. The summed E-state index contributed by atoms with van der Waals surface area (Å²) in [6.07, 6.45) is 2.76. The van der Waals surface area contributed by atoms with E-state index in [-0.39, 0.29) is 17.3 Å². The summed E-state index contributed by atoms with van der Waals surface area (Å²) >= 11 is 1.66. The molecule has 0 unspecified atom stereocenters. The molecule has 1 atom stereocenters. The van der Waals surface area contributed by atoms with Gasteiger partial charge in [0, 0.05) is 29.0 Å². The van der Waals surface area contributed by atoms with E-state index in [0.29, 0.717) is 29.4 Å². The van der Waals surface area contributed by atoms with Crippen LogP contribution in [0.25, 0.3) is 16.7 Å². The van der Waals surface area contributed by atoms with Crippen LogP contribution in [0, 0.1) is 6.92 Å². The molecule has 1 aliphatic rings. The summed E-state index contributed by atoms with van der Waals surface area (Å²) in [5, 5.41) is 5.66. The summed E-state index contributed by atoms with van der Waals surface area (Å²) in [7, 11) is 0. The predicted molar refractivity (Wildman–Crippen MR) is 106 cm³/mol. The lowest BCUT2D eigenvalue weighted by Gasteiger charge is -2.22. The normalized spacial score (nSPS) is 16.6. The first-order chi connectivity index (χ1) is 13.1. The smallest absolute Gasteiger partial charge is 0.281 e. The van der Waals surface area contributed by atoms with Crippen LogP contribution in [0.15, 0.2) is 52.8 Å². The van der Waals surface area contributed by atoms with E-state index in [0.717, 1.165) is 16.8 Å². The first-order valence-electron chi connectivity index (χ1n) is 8.88. The number of hydrogen-bond acceptors (Lipinski definition) is 4. The molecule has 0 amide bonds. The average Bonchev–Trinajstić information content (AvgIpc) is 3.30. The molecule has 0 saturated heterocycles. The van der Waals surface area contributed by atoms with Crippen LogP contribution < -0.4 is 5.56 Å². The molecule has 0 saturated carbocycles. The van der Waals surface area contributed by atoms with Gasteiger partial charge in [0.1, 0.15) is 0 Å². The van der Waals surface area contributed by atoms with E-state index >= 15 is 0 Å². The third kappa shape index (κ3) is 2.56. The number of carbonyl (C=O) groups is 1. The van der Waals surface area contributed by atoms with Crippen LogP contribution in [0.4, 0.5) is 0 Å². The fourth-order valence-corrected chi connectivity index (χ4v) is 4.74. The number of nitrogens with zero attached hydrogens (tertiary/aromatic N) is 2. The molecule has 3 aromatic heterocycles. The summed E-state index contributed by atoms with van der Waals surface area (Å²) in [6, 6.07) is 11.8. The van der Waals surface area contributed by atoms with Gasteiger partial charge >= 0.3 is 0 Å². The summed E-state index contributed by atoms with van der Waals surface area (Å²) in [6.45, 7) is 1.99. The molecule has 1 aromatic carbocycles. The number of benzene rings is 1. The number of hydrogen-bond donors (Lipinski definition) is 1. The van der Waals surface area contributed by atoms with Gasteiger partial charge in [0.05, 0.1) is 11.1 Å². The van der Waals surface area contributed by atoms with Crippen LogP contribution in [-0.4, -0.2) is 20.5 Å². The number of Topliss-reactive ketones (excluding diaryl/α,β-unsaturated/α-hetero) is 1. The number of thiophene rings is 1.